The van der Waals surface area contributed by atoms with Gasteiger partial charge in [-0.3, -0.25) is 0 Å². The summed E-state index contributed by atoms with van der Waals surface area (Å²) in [5.74, 6) is 0. The van der Waals surface area contributed by atoms with Crippen LogP contribution in [0.5, 0.6) is 0 Å². The molecule has 1 aromatic rings. The molecule has 0 N–H and O–H groups in total. The standard InChI is InChI=1S/C21H41NO2Si2/c1-18(2)26(19(3)4,20(5)6)22(21-14-10-9-11-15-21)16-12-13-17-25(23-7)24-8/h9-11,14-15,18-20,25H,12-13,16-17H2,1-8H3. The molecule has 3 nitrogen and oxygen atoms in total. The van der Waals surface area contributed by atoms with Gasteiger partial charge in [-0.25, -0.2) is 0 Å². The van der Waals surface area contributed by atoms with Crippen LogP contribution in [0.1, 0.15) is 54.4 Å². The van der Waals surface area contributed by atoms with E-state index in [1.54, 1.807) is 14.2 Å². The molecule has 1 rings (SSSR count). The summed E-state index contributed by atoms with van der Waals surface area (Å²) in [6.07, 6.45) is 2.38. The predicted molar refractivity (Wildman–Crippen MR) is 120 cm³/mol. The zero-order chi connectivity index (χ0) is 19.7. The van der Waals surface area contributed by atoms with Gasteiger partial charge in [-0.1, -0.05) is 59.7 Å². The Morgan fingerprint density at radius 1 is 0.846 bits per heavy atom. The van der Waals surface area contributed by atoms with Gasteiger partial charge in [0.05, 0.1) is 0 Å². The maximum atomic E-state index is 5.48. The maximum absolute atomic E-state index is 5.48. The second kappa shape index (κ2) is 11.3. The minimum atomic E-state index is -1.71. The summed E-state index contributed by atoms with van der Waals surface area (Å²) in [5.41, 5.74) is 3.54. The van der Waals surface area contributed by atoms with Crippen molar-refractivity contribution in [2.75, 3.05) is 25.3 Å². The number of rotatable bonds is 12. The molecule has 0 bridgehead atoms. The molecule has 0 atom stereocenters. The van der Waals surface area contributed by atoms with E-state index in [0.717, 1.165) is 12.6 Å². The average molecular weight is 396 g/mol. The van der Waals surface area contributed by atoms with Crippen molar-refractivity contribution in [3.05, 3.63) is 30.3 Å². The minimum absolute atomic E-state index is 0.711. The minimum Gasteiger partial charge on any atom is -0.400 e. The van der Waals surface area contributed by atoms with Crippen LogP contribution in [0.25, 0.3) is 0 Å². The van der Waals surface area contributed by atoms with Crippen molar-refractivity contribution in [2.24, 2.45) is 0 Å². The van der Waals surface area contributed by atoms with Gasteiger partial charge in [0, 0.05) is 26.5 Å². The Kier molecular flexibility index (Phi) is 10.1. The zero-order valence-electron chi connectivity index (χ0n) is 18.3. The highest BCUT2D eigenvalue weighted by atomic mass is 28.3. The fraction of sp³-hybridized carbons (Fsp3) is 0.714. The van der Waals surface area contributed by atoms with Crippen LogP contribution in [0.4, 0.5) is 5.69 Å². The Balaban J connectivity index is 3.08. The van der Waals surface area contributed by atoms with E-state index in [9.17, 15) is 0 Å². The van der Waals surface area contributed by atoms with Crippen LogP contribution < -0.4 is 4.57 Å². The molecular weight excluding hydrogens is 354 g/mol. The summed E-state index contributed by atoms with van der Waals surface area (Å²) in [6, 6.07) is 12.2. The first-order valence-electron chi connectivity index (χ1n) is 10.2. The molecule has 5 heteroatoms. The molecule has 0 amide bonds. The van der Waals surface area contributed by atoms with Crippen molar-refractivity contribution < 1.29 is 8.85 Å². The maximum Gasteiger partial charge on any atom is 0.320 e. The first-order chi connectivity index (χ1) is 12.3. The predicted octanol–water partition coefficient (Wildman–Crippen LogP) is 5.96. The van der Waals surface area contributed by atoms with Crippen LogP contribution in [0.3, 0.4) is 0 Å². The smallest absolute Gasteiger partial charge is 0.320 e. The fourth-order valence-corrected chi connectivity index (χ4v) is 13.3. The van der Waals surface area contributed by atoms with Crippen molar-refractivity contribution in [2.45, 2.75) is 77.1 Å². The van der Waals surface area contributed by atoms with Crippen molar-refractivity contribution >= 4 is 23.2 Å². The van der Waals surface area contributed by atoms with Crippen LogP contribution in [0.15, 0.2) is 30.3 Å². The lowest BCUT2D eigenvalue weighted by atomic mass is 10.3. The normalized spacial score (nSPS) is 12.6. The molecule has 0 aliphatic carbocycles. The van der Waals surface area contributed by atoms with Gasteiger partial charge >= 0.3 is 9.28 Å². The molecule has 0 aliphatic heterocycles. The van der Waals surface area contributed by atoms with Gasteiger partial charge in [-0.2, -0.15) is 0 Å². The van der Waals surface area contributed by atoms with Crippen LogP contribution in [0.2, 0.25) is 22.7 Å². The number of unbranched alkanes of at least 4 members (excludes halogenated alkanes) is 1. The highest BCUT2D eigenvalue weighted by Crippen LogP contribution is 2.45. The summed E-state index contributed by atoms with van der Waals surface area (Å²) >= 11 is 0. The Labute approximate surface area is 165 Å². The molecule has 0 aliphatic rings. The van der Waals surface area contributed by atoms with Crippen LogP contribution in [-0.2, 0) is 8.85 Å². The van der Waals surface area contributed by atoms with Gasteiger partial charge < -0.3 is 13.4 Å². The fourth-order valence-electron chi connectivity index (χ4n) is 5.00. The van der Waals surface area contributed by atoms with Gasteiger partial charge in [0.25, 0.3) is 0 Å². The third kappa shape index (κ3) is 5.44. The van der Waals surface area contributed by atoms with Crippen molar-refractivity contribution in [3.8, 4) is 0 Å². The van der Waals surface area contributed by atoms with E-state index in [1.807, 2.05) is 0 Å². The molecule has 0 heterocycles. The Bertz CT molecular complexity index is 468. The van der Waals surface area contributed by atoms with Gasteiger partial charge in [0.1, 0.15) is 0 Å². The Morgan fingerprint density at radius 2 is 1.35 bits per heavy atom. The summed E-state index contributed by atoms with van der Waals surface area (Å²) in [6.45, 7) is 15.8. The molecule has 0 saturated heterocycles. The molecule has 1 aromatic carbocycles. The summed E-state index contributed by atoms with van der Waals surface area (Å²) in [7, 11) is 0.418. The van der Waals surface area contributed by atoms with E-state index in [-0.39, 0.29) is 0 Å². The molecular formula is C21H41NO2Si2. The van der Waals surface area contributed by atoms with Gasteiger partial charge in [-0.05, 0) is 47.6 Å². The van der Waals surface area contributed by atoms with E-state index in [0.29, 0.717) is 16.6 Å². The lowest BCUT2D eigenvalue weighted by molar-refractivity contribution is 0.276. The number of hydrogen-bond acceptors (Lipinski definition) is 3. The molecule has 0 fully saturated rings. The lowest BCUT2D eigenvalue weighted by Crippen LogP contribution is -2.61. The van der Waals surface area contributed by atoms with Crippen molar-refractivity contribution in [3.63, 3.8) is 0 Å². The highest BCUT2D eigenvalue weighted by molar-refractivity contribution is 6.86. The SMILES string of the molecule is CO[SiH](CCCCN(c1ccccc1)[Si](C(C)C)(C(C)C)C(C)C)OC. The first-order valence-corrected chi connectivity index (χ1v) is 14.1. The van der Waals surface area contributed by atoms with Crippen molar-refractivity contribution in [1.29, 1.82) is 0 Å². The van der Waals surface area contributed by atoms with Gasteiger partial charge in [0.15, 0.2) is 8.24 Å². The Morgan fingerprint density at radius 3 is 1.77 bits per heavy atom. The second-order valence-electron chi connectivity index (χ2n) is 8.24. The largest absolute Gasteiger partial charge is 0.400 e. The average Bonchev–Trinajstić information content (AvgIpc) is 2.60. The van der Waals surface area contributed by atoms with E-state index < -0.39 is 17.5 Å². The number of para-hydroxylation sites is 1. The Hall–Kier alpha value is -0.626. The summed E-state index contributed by atoms with van der Waals surface area (Å²) < 4.78 is 13.8. The molecule has 26 heavy (non-hydrogen) atoms. The topological polar surface area (TPSA) is 21.7 Å². The third-order valence-electron chi connectivity index (χ3n) is 5.91. The van der Waals surface area contributed by atoms with E-state index in [2.05, 4.69) is 76.4 Å². The van der Waals surface area contributed by atoms with E-state index >= 15 is 0 Å². The summed E-state index contributed by atoms with van der Waals surface area (Å²) in [4.78, 5) is 0. The quantitative estimate of drug-likeness (QED) is 0.322. The second-order valence-corrected chi connectivity index (χ2v) is 16.4. The monoisotopic (exact) mass is 395 g/mol. The number of benzene rings is 1. The molecule has 0 unspecified atom stereocenters. The zero-order valence-corrected chi connectivity index (χ0v) is 20.4. The van der Waals surface area contributed by atoms with Gasteiger partial charge in [0.2, 0.25) is 0 Å². The van der Waals surface area contributed by atoms with Crippen LogP contribution in [0, 0.1) is 0 Å². The molecule has 0 aromatic heterocycles. The summed E-state index contributed by atoms with van der Waals surface area (Å²) in [5, 5.41) is 0. The number of anilines is 1. The first kappa shape index (κ1) is 23.4. The lowest BCUT2D eigenvalue weighted by Gasteiger charge is -2.52. The number of nitrogens with zero attached hydrogens (tertiary/aromatic N) is 1. The number of hydrogen-bond donors (Lipinski definition) is 0. The third-order valence-corrected chi connectivity index (χ3v) is 14.8. The van der Waals surface area contributed by atoms with Crippen molar-refractivity contribution in [1.82, 2.24) is 0 Å². The van der Waals surface area contributed by atoms with E-state index in [4.69, 9.17) is 8.85 Å². The molecule has 0 saturated carbocycles. The molecule has 0 radical (unpaired) electrons. The van der Waals surface area contributed by atoms with E-state index in [1.165, 1.54) is 18.5 Å². The van der Waals surface area contributed by atoms with Crippen LogP contribution >= 0.6 is 0 Å². The highest BCUT2D eigenvalue weighted by Gasteiger charge is 2.48. The molecule has 0 spiro atoms. The van der Waals surface area contributed by atoms with Gasteiger partial charge in [-0.15, -0.1) is 0 Å². The molecule has 150 valence electrons. The van der Waals surface area contributed by atoms with Crippen LogP contribution in [-0.4, -0.2) is 38.3 Å².